The molecule has 2 aromatic rings. The van der Waals surface area contributed by atoms with Crippen molar-refractivity contribution < 1.29 is 14.3 Å². The second-order valence-electron chi connectivity index (χ2n) is 4.96. The molecule has 1 atom stereocenters. The molecule has 0 aromatic heterocycles. The first-order valence-electron chi connectivity index (χ1n) is 7.37. The Morgan fingerprint density at radius 3 is 2.57 bits per heavy atom. The molecule has 2 rings (SSSR count). The number of benzene rings is 2. The second kappa shape index (κ2) is 9.87. The summed E-state index contributed by atoms with van der Waals surface area (Å²) >= 11 is 0. The van der Waals surface area contributed by atoms with Gasteiger partial charge in [0.15, 0.2) is 0 Å². The highest BCUT2D eigenvalue weighted by molar-refractivity contribution is 5.85. The van der Waals surface area contributed by atoms with E-state index < -0.39 is 0 Å². The maximum absolute atomic E-state index is 11.5. The maximum atomic E-state index is 11.5. The van der Waals surface area contributed by atoms with Crippen LogP contribution >= 0.6 is 12.4 Å². The Morgan fingerprint density at radius 1 is 1.13 bits per heavy atom. The van der Waals surface area contributed by atoms with Crippen LogP contribution in [0.5, 0.6) is 5.75 Å². The van der Waals surface area contributed by atoms with Gasteiger partial charge in [-0.15, -0.1) is 12.4 Å². The number of halogens is 1. The minimum Gasteiger partial charge on any atom is -0.489 e. The summed E-state index contributed by atoms with van der Waals surface area (Å²) in [6, 6.07) is 17.1. The molecule has 0 amide bonds. The van der Waals surface area contributed by atoms with Gasteiger partial charge in [-0.05, 0) is 30.2 Å². The Hall–Kier alpha value is -2.04. The van der Waals surface area contributed by atoms with E-state index in [2.05, 4.69) is 0 Å². The molecule has 0 aliphatic carbocycles. The number of hydrogen-bond donors (Lipinski definition) is 1. The summed E-state index contributed by atoms with van der Waals surface area (Å²) in [5.41, 5.74) is 8.01. The van der Waals surface area contributed by atoms with E-state index in [-0.39, 0.29) is 30.8 Å². The van der Waals surface area contributed by atoms with Crippen molar-refractivity contribution in [3.8, 4) is 5.75 Å². The minimum absolute atomic E-state index is 0. The Kier molecular flexibility index (Phi) is 8.16. The van der Waals surface area contributed by atoms with E-state index in [1.54, 1.807) is 6.92 Å². The van der Waals surface area contributed by atoms with Crippen LogP contribution in [0, 0.1) is 0 Å². The number of rotatable bonds is 7. The highest BCUT2D eigenvalue weighted by atomic mass is 35.5. The van der Waals surface area contributed by atoms with Crippen molar-refractivity contribution in [3.05, 3.63) is 65.7 Å². The molecule has 0 spiro atoms. The van der Waals surface area contributed by atoms with Gasteiger partial charge in [-0.2, -0.15) is 0 Å². The monoisotopic (exact) mass is 335 g/mol. The van der Waals surface area contributed by atoms with Gasteiger partial charge in [0.2, 0.25) is 0 Å². The van der Waals surface area contributed by atoms with E-state index >= 15 is 0 Å². The Bertz CT molecular complexity index is 604. The van der Waals surface area contributed by atoms with Crippen molar-refractivity contribution >= 4 is 18.4 Å². The molecule has 124 valence electrons. The van der Waals surface area contributed by atoms with Gasteiger partial charge in [0.05, 0.1) is 13.0 Å². The first kappa shape index (κ1) is 19.0. The molecule has 0 aliphatic heterocycles. The van der Waals surface area contributed by atoms with Gasteiger partial charge in [-0.3, -0.25) is 4.79 Å². The van der Waals surface area contributed by atoms with Crippen LogP contribution in [0.3, 0.4) is 0 Å². The topological polar surface area (TPSA) is 61.5 Å². The van der Waals surface area contributed by atoms with E-state index in [0.717, 1.165) is 16.9 Å². The standard InChI is InChI=1S/C18H21NO3.ClH/c1-2-21-18(20)12-17(19)15-9-6-10-16(11-15)22-13-14-7-4-3-5-8-14;/h3-11,17H,2,12-13,19H2,1H3;1H/t17-;/m0./s1. The van der Waals surface area contributed by atoms with Gasteiger partial charge < -0.3 is 15.2 Å². The minimum atomic E-state index is -0.390. The van der Waals surface area contributed by atoms with Crippen LogP contribution in [-0.2, 0) is 16.1 Å². The summed E-state index contributed by atoms with van der Waals surface area (Å²) in [5.74, 6) is 0.450. The highest BCUT2D eigenvalue weighted by Gasteiger charge is 2.13. The Labute approximate surface area is 143 Å². The molecule has 23 heavy (non-hydrogen) atoms. The van der Waals surface area contributed by atoms with Crippen molar-refractivity contribution in [1.29, 1.82) is 0 Å². The zero-order valence-corrected chi connectivity index (χ0v) is 13.9. The molecule has 0 saturated heterocycles. The fourth-order valence-corrected chi connectivity index (χ4v) is 2.09. The van der Waals surface area contributed by atoms with Crippen molar-refractivity contribution in [1.82, 2.24) is 0 Å². The maximum Gasteiger partial charge on any atom is 0.307 e. The summed E-state index contributed by atoms with van der Waals surface area (Å²) in [6.07, 6.45) is 0.163. The molecule has 2 N–H and O–H groups in total. The van der Waals surface area contributed by atoms with Crippen molar-refractivity contribution in [2.24, 2.45) is 5.73 Å². The van der Waals surface area contributed by atoms with Crippen molar-refractivity contribution in [3.63, 3.8) is 0 Å². The lowest BCUT2D eigenvalue weighted by Gasteiger charge is -2.13. The van der Waals surface area contributed by atoms with E-state index in [1.807, 2.05) is 54.6 Å². The molecule has 4 nitrogen and oxygen atoms in total. The van der Waals surface area contributed by atoms with Gasteiger partial charge in [0.1, 0.15) is 12.4 Å². The van der Waals surface area contributed by atoms with Crippen LogP contribution in [0.2, 0.25) is 0 Å². The Balaban J connectivity index is 0.00000264. The van der Waals surface area contributed by atoms with E-state index in [1.165, 1.54) is 0 Å². The summed E-state index contributed by atoms with van der Waals surface area (Å²) in [4.78, 5) is 11.5. The summed E-state index contributed by atoms with van der Waals surface area (Å²) in [7, 11) is 0. The third-order valence-corrected chi connectivity index (χ3v) is 3.23. The number of esters is 1. The first-order valence-corrected chi connectivity index (χ1v) is 7.37. The molecule has 0 aliphatic rings. The molecule has 0 bridgehead atoms. The molecule has 2 aromatic carbocycles. The lowest BCUT2D eigenvalue weighted by molar-refractivity contribution is -0.143. The Morgan fingerprint density at radius 2 is 1.87 bits per heavy atom. The SMILES string of the molecule is CCOC(=O)C[C@H](N)c1cccc(OCc2ccccc2)c1.Cl. The zero-order valence-electron chi connectivity index (χ0n) is 13.1. The average molecular weight is 336 g/mol. The van der Waals surface area contributed by atoms with Crippen LogP contribution in [0.4, 0.5) is 0 Å². The van der Waals surface area contributed by atoms with Crippen molar-refractivity contribution in [2.45, 2.75) is 26.0 Å². The number of carbonyl (C=O) groups excluding carboxylic acids is 1. The average Bonchev–Trinajstić information content (AvgIpc) is 2.54. The molecule has 0 saturated carbocycles. The third-order valence-electron chi connectivity index (χ3n) is 3.23. The molecule has 5 heteroatoms. The number of ether oxygens (including phenoxy) is 2. The first-order chi connectivity index (χ1) is 10.7. The van der Waals surface area contributed by atoms with Crippen LogP contribution in [0.15, 0.2) is 54.6 Å². The zero-order chi connectivity index (χ0) is 15.8. The van der Waals surface area contributed by atoms with Gasteiger partial charge in [-0.1, -0.05) is 42.5 Å². The van der Waals surface area contributed by atoms with Crippen molar-refractivity contribution in [2.75, 3.05) is 6.61 Å². The molecule has 0 fully saturated rings. The van der Waals surface area contributed by atoms with Crippen LogP contribution < -0.4 is 10.5 Å². The van der Waals surface area contributed by atoms with Crippen LogP contribution in [0.25, 0.3) is 0 Å². The van der Waals surface area contributed by atoms with Gasteiger partial charge >= 0.3 is 5.97 Å². The summed E-state index contributed by atoms with van der Waals surface area (Å²) in [5, 5.41) is 0. The number of carbonyl (C=O) groups is 1. The summed E-state index contributed by atoms with van der Waals surface area (Å²) in [6.45, 7) is 2.64. The third kappa shape index (κ3) is 6.30. The lowest BCUT2D eigenvalue weighted by Crippen LogP contribution is -2.17. The van der Waals surface area contributed by atoms with Gasteiger partial charge in [-0.25, -0.2) is 0 Å². The fourth-order valence-electron chi connectivity index (χ4n) is 2.09. The molecule has 0 unspecified atom stereocenters. The second-order valence-corrected chi connectivity index (χ2v) is 4.96. The number of nitrogens with two attached hydrogens (primary N) is 1. The van der Waals surface area contributed by atoms with Gasteiger partial charge in [0, 0.05) is 6.04 Å². The lowest BCUT2D eigenvalue weighted by atomic mass is 10.0. The summed E-state index contributed by atoms with van der Waals surface area (Å²) < 4.78 is 10.7. The largest absolute Gasteiger partial charge is 0.489 e. The van der Waals surface area contributed by atoms with E-state index in [9.17, 15) is 4.79 Å². The van der Waals surface area contributed by atoms with Crippen LogP contribution in [0.1, 0.15) is 30.5 Å². The van der Waals surface area contributed by atoms with E-state index in [0.29, 0.717) is 13.2 Å². The molecular weight excluding hydrogens is 314 g/mol. The smallest absolute Gasteiger partial charge is 0.307 e. The van der Waals surface area contributed by atoms with Crippen LogP contribution in [-0.4, -0.2) is 12.6 Å². The molecule has 0 radical (unpaired) electrons. The normalized spacial score (nSPS) is 11.2. The quantitative estimate of drug-likeness (QED) is 0.785. The number of hydrogen-bond acceptors (Lipinski definition) is 4. The molecule has 0 heterocycles. The fraction of sp³-hybridized carbons (Fsp3) is 0.278. The molecular formula is C18H22ClNO3. The predicted octanol–water partition coefficient (Wildman–Crippen LogP) is 3.64. The van der Waals surface area contributed by atoms with Gasteiger partial charge in [0.25, 0.3) is 0 Å². The van der Waals surface area contributed by atoms with E-state index in [4.69, 9.17) is 15.2 Å². The highest BCUT2D eigenvalue weighted by Crippen LogP contribution is 2.21. The predicted molar refractivity (Wildman–Crippen MR) is 92.6 cm³/mol.